The molecule has 0 radical (unpaired) electrons. The fraction of sp³-hybridized carbons (Fsp3) is 0.600. The molecular weight excluding hydrogens is 210 g/mol. The molecule has 0 aliphatic carbocycles. The summed E-state index contributed by atoms with van der Waals surface area (Å²) >= 11 is 0. The molecule has 1 aromatic rings. The van der Waals surface area contributed by atoms with Gasteiger partial charge in [-0.1, -0.05) is 12.1 Å². The molecule has 1 aromatic carbocycles. The standard InChI is InChI=1S/C15H25NO/c1-11-7-13(3)14(8-12(11)2)9-16(6)10-15(4,5)17/h7-8,17H,9-10H2,1-6H3. The van der Waals surface area contributed by atoms with Crippen molar-refractivity contribution in [1.82, 2.24) is 4.90 Å². The molecule has 0 aliphatic rings. The molecule has 96 valence electrons. The van der Waals surface area contributed by atoms with Crippen LogP contribution in [-0.2, 0) is 6.54 Å². The van der Waals surface area contributed by atoms with E-state index in [0.29, 0.717) is 6.54 Å². The molecule has 0 aromatic heterocycles. The van der Waals surface area contributed by atoms with E-state index in [9.17, 15) is 5.11 Å². The highest BCUT2D eigenvalue weighted by atomic mass is 16.3. The summed E-state index contributed by atoms with van der Waals surface area (Å²) in [5, 5.41) is 9.79. The first kappa shape index (κ1) is 14.2. The lowest BCUT2D eigenvalue weighted by atomic mass is 10.00. The summed E-state index contributed by atoms with van der Waals surface area (Å²) in [6.45, 7) is 11.7. The summed E-state index contributed by atoms with van der Waals surface area (Å²) in [6.07, 6.45) is 0. The quantitative estimate of drug-likeness (QED) is 0.867. The van der Waals surface area contributed by atoms with E-state index in [0.717, 1.165) is 6.54 Å². The van der Waals surface area contributed by atoms with Gasteiger partial charge in [0.25, 0.3) is 0 Å². The number of hydrogen-bond donors (Lipinski definition) is 1. The summed E-state index contributed by atoms with van der Waals surface area (Å²) in [6, 6.07) is 4.49. The summed E-state index contributed by atoms with van der Waals surface area (Å²) in [7, 11) is 2.05. The van der Waals surface area contributed by atoms with E-state index in [2.05, 4.69) is 37.8 Å². The SMILES string of the molecule is Cc1cc(C)c(CN(C)CC(C)(C)O)cc1C. The van der Waals surface area contributed by atoms with Gasteiger partial charge in [-0.2, -0.15) is 0 Å². The van der Waals surface area contributed by atoms with E-state index >= 15 is 0 Å². The van der Waals surface area contributed by atoms with Crippen molar-refractivity contribution in [1.29, 1.82) is 0 Å². The number of aryl methyl sites for hydroxylation is 3. The number of benzene rings is 1. The summed E-state index contributed by atoms with van der Waals surface area (Å²) < 4.78 is 0. The second kappa shape index (κ2) is 5.19. The van der Waals surface area contributed by atoms with Gasteiger partial charge in [0.15, 0.2) is 0 Å². The molecule has 0 spiro atoms. The van der Waals surface area contributed by atoms with Crippen LogP contribution in [0.15, 0.2) is 12.1 Å². The molecule has 0 bridgehead atoms. The highest BCUT2D eigenvalue weighted by Crippen LogP contribution is 2.17. The van der Waals surface area contributed by atoms with Crippen LogP contribution in [-0.4, -0.2) is 29.2 Å². The van der Waals surface area contributed by atoms with Gasteiger partial charge in [0.05, 0.1) is 5.60 Å². The highest BCUT2D eigenvalue weighted by molar-refractivity contribution is 5.36. The van der Waals surface area contributed by atoms with E-state index in [-0.39, 0.29) is 0 Å². The zero-order chi connectivity index (χ0) is 13.2. The minimum atomic E-state index is -0.637. The third-order valence-corrected chi connectivity index (χ3v) is 3.05. The fourth-order valence-corrected chi connectivity index (χ4v) is 2.20. The molecule has 0 heterocycles. The van der Waals surface area contributed by atoms with E-state index in [1.807, 2.05) is 20.9 Å². The van der Waals surface area contributed by atoms with Crippen LogP contribution in [0.2, 0.25) is 0 Å². The van der Waals surface area contributed by atoms with Gasteiger partial charge >= 0.3 is 0 Å². The Morgan fingerprint density at radius 2 is 1.59 bits per heavy atom. The topological polar surface area (TPSA) is 23.5 Å². The van der Waals surface area contributed by atoms with E-state index in [1.165, 1.54) is 22.3 Å². The first-order valence-corrected chi connectivity index (χ1v) is 6.17. The van der Waals surface area contributed by atoms with Gasteiger partial charge in [0.2, 0.25) is 0 Å². The lowest BCUT2D eigenvalue weighted by Gasteiger charge is -2.26. The van der Waals surface area contributed by atoms with Crippen molar-refractivity contribution < 1.29 is 5.11 Å². The van der Waals surface area contributed by atoms with Crippen LogP contribution in [0, 0.1) is 20.8 Å². The molecule has 0 atom stereocenters. The lowest BCUT2D eigenvalue weighted by Crippen LogP contribution is -2.35. The number of nitrogens with zero attached hydrogens (tertiary/aromatic N) is 1. The van der Waals surface area contributed by atoms with Gasteiger partial charge in [0, 0.05) is 13.1 Å². The average molecular weight is 235 g/mol. The number of hydrogen-bond acceptors (Lipinski definition) is 2. The Labute approximate surface area is 105 Å². The average Bonchev–Trinajstić information content (AvgIpc) is 2.11. The van der Waals surface area contributed by atoms with Gasteiger partial charge < -0.3 is 5.11 Å². The first-order valence-electron chi connectivity index (χ1n) is 6.17. The Morgan fingerprint density at radius 1 is 1.06 bits per heavy atom. The van der Waals surface area contributed by atoms with E-state index in [4.69, 9.17) is 0 Å². The van der Waals surface area contributed by atoms with Crippen LogP contribution in [0.25, 0.3) is 0 Å². The maximum Gasteiger partial charge on any atom is 0.0718 e. The number of rotatable bonds is 4. The summed E-state index contributed by atoms with van der Waals surface area (Å²) in [4.78, 5) is 2.16. The Morgan fingerprint density at radius 3 is 2.12 bits per heavy atom. The fourth-order valence-electron chi connectivity index (χ4n) is 2.20. The predicted molar refractivity (Wildman–Crippen MR) is 73.3 cm³/mol. The lowest BCUT2D eigenvalue weighted by molar-refractivity contribution is 0.0424. The normalized spacial score (nSPS) is 12.2. The molecule has 0 aliphatic heterocycles. The second-order valence-electron chi connectivity index (χ2n) is 5.85. The van der Waals surface area contributed by atoms with Crippen molar-refractivity contribution in [3.63, 3.8) is 0 Å². The van der Waals surface area contributed by atoms with Crippen molar-refractivity contribution in [3.8, 4) is 0 Å². The van der Waals surface area contributed by atoms with Gasteiger partial charge in [-0.05, 0) is 63.9 Å². The molecule has 0 amide bonds. The summed E-state index contributed by atoms with van der Waals surface area (Å²) in [5.74, 6) is 0. The highest BCUT2D eigenvalue weighted by Gasteiger charge is 2.16. The molecule has 2 heteroatoms. The molecule has 0 saturated heterocycles. The van der Waals surface area contributed by atoms with Gasteiger partial charge in [0.1, 0.15) is 0 Å². The number of aliphatic hydroxyl groups is 1. The maximum absolute atomic E-state index is 9.79. The third kappa shape index (κ3) is 4.49. The first-order chi connectivity index (χ1) is 7.69. The predicted octanol–water partition coefficient (Wildman–Crippen LogP) is 2.81. The van der Waals surface area contributed by atoms with Crippen molar-refractivity contribution in [2.24, 2.45) is 0 Å². The molecule has 0 saturated carbocycles. The van der Waals surface area contributed by atoms with E-state index < -0.39 is 5.60 Å². The van der Waals surface area contributed by atoms with Crippen molar-refractivity contribution in [2.45, 2.75) is 46.8 Å². The van der Waals surface area contributed by atoms with Crippen molar-refractivity contribution >= 4 is 0 Å². The van der Waals surface area contributed by atoms with Gasteiger partial charge in [-0.3, -0.25) is 4.90 Å². The Kier molecular flexibility index (Phi) is 4.34. The zero-order valence-electron chi connectivity index (χ0n) is 12.0. The maximum atomic E-state index is 9.79. The Bertz CT molecular complexity index is 391. The summed E-state index contributed by atoms with van der Waals surface area (Å²) in [5.41, 5.74) is 4.72. The van der Waals surface area contributed by atoms with Gasteiger partial charge in [-0.15, -0.1) is 0 Å². The molecular formula is C15H25NO. The molecule has 0 fully saturated rings. The van der Waals surface area contributed by atoms with Crippen LogP contribution in [0.5, 0.6) is 0 Å². The van der Waals surface area contributed by atoms with Crippen molar-refractivity contribution in [2.75, 3.05) is 13.6 Å². The van der Waals surface area contributed by atoms with Crippen LogP contribution >= 0.6 is 0 Å². The van der Waals surface area contributed by atoms with Crippen LogP contribution in [0.1, 0.15) is 36.1 Å². The van der Waals surface area contributed by atoms with Gasteiger partial charge in [-0.25, -0.2) is 0 Å². The molecule has 0 unspecified atom stereocenters. The van der Waals surface area contributed by atoms with Crippen molar-refractivity contribution in [3.05, 3.63) is 34.4 Å². The zero-order valence-corrected chi connectivity index (χ0v) is 12.0. The second-order valence-corrected chi connectivity index (χ2v) is 5.85. The van der Waals surface area contributed by atoms with E-state index in [1.54, 1.807) is 0 Å². The molecule has 17 heavy (non-hydrogen) atoms. The molecule has 1 rings (SSSR count). The van der Waals surface area contributed by atoms with Crippen LogP contribution in [0.3, 0.4) is 0 Å². The monoisotopic (exact) mass is 235 g/mol. The largest absolute Gasteiger partial charge is 0.389 e. The minimum Gasteiger partial charge on any atom is -0.389 e. The Hall–Kier alpha value is -0.860. The van der Waals surface area contributed by atoms with Crippen LogP contribution in [0.4, 0.5) is 0 Å². The molecule has 1 N–H and O–H groups in total. The van der Waals surface area contributed by atoms with Crippen LogP contribution < -0.4 is 0 Å². The number of likely N-dealkylation sites (N-methyl/N-ethyl adjacent to an activating group) is 1. The molecule has 2 nitrogen and oxygen atoms in total. The minimum absolute atomic E-state index is 0.637. The third-order valence-electron chi connectivity index (χ3n) is 3.05. The Balaban J connectivity index is 2.78. The smallest absolute Gasteiger partial charge is 0.0718 e.